The van der Waals surface area contributed by atoms with Crippen LogP contribution in [-0.4, -0.2) is 36.5 Å². The third kappa shape index (κ3) is 7.15. The first-order valence-electron chi connectivity index (χ1n) is 8.52. The number of aryl methyl sites for hydroxylation is 1. The van der Waals surface area contributed by atoms with Gasteiger partial charge in [0.25, 0.3) is 5.91 Å². The van der Waals surface area contributed by atoms with Gasteiger partial charge in [0, 0.05) is 10.7 Å². The van der Waals surface area contributed by atoms with Crippen molar-refractivity contribution >= 4 is 40.9 Å². The highest BCUT2D eigenvalue weighted by Gasteiger charge is 2.21. The molecule has 0 bridgehead atoms. The lowest BCUT2D eigenvalue weighted by Crippen LogP contribution is -2.46. The van der Waals surface area contributed by atoms with Crippen LogP contribution in [0.15, 0.2) is 48.5 Å². The first-order valence-corrected chi connectivity index (χ1v) is 10.3. The number of thioether (sulfide) groups is 1. The SMILES string of the molecule is CSCC[C@@H](NC(=O)COc1ccccc1)C(=O)Nc1cc(Cl)ccc1C. The molecule has 5 nitrogen and oxygen atoms in total. The molecule has 0 aliphatic heterocycles. The fourth-order valence-electron chi connectivity index (χ4n) is 2.35. The third-order valence-electron chi connectivity index (χ3n) is 3.83. The minimum atomic E-state index is -0.650. The molecule has 0 aromatic heterocycles. The van der Waals surface area contributed by atoms with E-state index in [1.54, 1.807) is 36.0 Å². The number of hydrogen-bond donors (Lipinski definition) is 2. The maximum Gasteiger partial charge on any atom is 0.258 e. The molecule has 0 saturated carbocycles. The quantitative estimate of drug-likeness (QED) is 0.662. The smallest absolute Gasteiger partial charge is 0.258 e. The van der Waals surface area contributed by atoms with Gasteiger partial charge in [-0.2, -0.15) is 11.8 Å². The molecule has 2 aromatic rings. The molecular formula is C20H23ClN2O3S. The second kappa shape index (κ2) is 10.8. The Kier molecular flexibility index (Phi) is 8.48. The maximum absolute atomic E-state index is 12.7. The number of ether oxygens (including phenoxy) is 1. The second-order valence-corrected chi connectivity index (χ2v) is 7.37. The normalized spacial score (nSPS) is 11.5. The van der Waals surface area contributed by atoms with Gasteiger partial charge in [-0.3, -0.25) is 9.59 Å². The number of hydrogen-bond acceptors (Lipinski definition) is 4. The molecule has 27 heavy (non-hydrogen) atoms. The molecule has 2 aromatic carbocycles. The Morgan fingerprint density at radius 3 is 2.63 bits per heavy atom. The van der Waals surface area contributed by atoms with Gasteiger partial charge in [0.05, 0.1) is 0 Å². The van der Waals surface area contributed by atoms with Gasteiger partial charge in [0.15, 0.2) is 6.61 Å². The van der Waals surface area contributed by atoms with Gasteiger partial charge in [-0.15, -0.1) is 0 Å². The molecule has 144 valence electrons. The Balaban J connectivity index is 1.97. The highest BCUT2D eigenvalue weighted by atomic mass is 35.5. The van der Waals surface area contributed by atoms with Crippen LogP contribution < -0.4 is 15.4 Å². The summed E-state index contributed by atoms with van der Waals surface area (Å²) in [5.74, 6) is 0.726. The Labute approximate surface area is 168 Å². The van der Waals surface area contributed by atoms with Crippen LogP contribution in [0, 0.1) is 6.92 Å². The van der Waals surface area contributed by atoms with Crippen molar-refractivity contribution in [3.8, 4) is 5.75 Å². The van der Waals surface area contributed by atoms with Crippen LogP contribution in [0.4, 0.5) is 5.69 Å². The number of benzene rings is 2. The minimum absolute atomic E-state index is 0.150. The van der Waals surface area contributed by atoms with Crippen LogP contribution in [0.5, 0.6) is 5.75 Å². The van der Waals surface area contributed by atoms with Crippen molar-refractivity contribution in [2.75, 3.05) is 23.9 Å². The number of anilines is 1. The van der Waals surface area contributed by atoms with Gasteiger partial charge in [0.2, 0.25) is 5.91 Å². The molecule has 2 amide bonds. The first-order chi connectivity index (χ1) is 13.0. The zero-order valence-electron chi connectivity index (χ0n) is 15.3. The van der Waals surface area contributed by atoms with Gasteiger partial charge >= 0.3 is 0 Å². The van der Waals surface area contributed by atoms with E-state index in [9.17, 15) is 9.59 Å². The summed E-state index contributed by atoms with van der Waals surface area (Å²) in [5, 5.41) is 6.14. The number of halogens is 1. The van der Waals surface area contributed by atoms with E-state index in [2.05, 4.69) is 10.6 Å². The van der Waals surface area contributed by atoms with Crippen LogP contribution in [0.1, 0.15) is 12.0 Å². The highest BCUT2D eigenvalue weighted by Crippen LogP contribution is 2.20. The van der Waals surface area contributed by atoms with Crippen LogP contribution in [0.25, 0.3) is 0 Å². The summed E-state index contributed by atoms with van der Waals surface area (Å²) in [7, 11) is 0. The highest BCUT2D eigenvalue weighted by molar-refractivity contribution is 7.98. The average Bonchev–Trinajstić information content (AvgIpc) is 2.67. The average molecular weight is 407 g/mol. The number of para-hydroxylation sites is 1. The Morgan fingerprint density at radius 1 is 1.19 bits per heavy atom. The third-order valence-corrected chi connectivity index (χ3v) is 4.71. The molecular weight excluding hydrogens is 384 g/mol. The lowest BCUT2D eigenvalue weighted by molar-refractivity contribution is -0.127. The summed E-state index contributed by atoms with van der Waals surface area (Å²) in [6.45, 7) is 1.73. The van der Waals surface area contributed by atoms with E-state index < -0.39 is 6.04 Å². The van der Waals surface area contributed by atoms with Gasteiger partial charge in [-0.25, -0.2) is 0 Å². The number of amides is 2. The van der Waals surface area contributed by atoms with Crippen molar-refractivity contribution in [3.63, 3.8) is 0 Å². The van der Waals surface area contributed by atoms with E-state index in [1.165, 1.54) is 0 Å². The summed E-state index contributed by atoms with van der Waals surface area (Å²) in [4.78, 5) is 24.9. The van der Waals surface area contributed by atoms with Crippen molar-refractivity contribution < 1.29 is 14.3 Å². The van der Waals surface area contributed by atoms with Crippen molar-refractivity contribution in [2.45, 2.75) is 19.4 Å². The first kappa shape index (κ1) is 21.1. The van der Waals surface area contributed by atoms with E-state index in [-0.39, 0.29) is 18.4 Å². The largest absolute Gasteiger partial charge is 0.484 e. The lowest BCUT2D eigenvalue weighted by atomic mass is 10.1. The number of nitrogens with one attached hydrogen (secondary N) is 2. The summed E-state index contributed by atoms with van der Waals surface area (Å²) in [6.07, 6.45) is 2.47. The summed E-state index contributed by atoms with van der Waals surface area (Å²) in [5.41, 5.74) is 1.53. The Morgan fingerprint density at radius 2 is 1.93 bits per heavy atom. The number of carbonyl (C=O) groups excluding carboxylic acids is 2. The van der Waals surface area contributed by atoms with E-state index >= 15 is 0 Å². The van der Waals surface area contributed by atoms with E-state index in [0.717, 1.165) is 11.3 Å². The van der Waals surface area contributed by atoms with Gasteiger partial charge in [-0.1, -0.05) is 35.9 Å². The van der Waals surface area contributed by atoms with Crippen LogP contribution in [-0.2, 0) is 9.59 Å². The Bertz CT molecular complexity index is 771. The molecule has 0 aliphatic carbocycles. The van der Waals surface area contributed by atoms with Crippen molar-refractivity contribution in [1.29, 1.82) is 0 Å². The molecule has 0 unspecified atom stereocenters. The van der Waals surface area contributed by atoms with E-state index in [0.29, 0.717) is 22.9 Å². The zero-order valence-corrected chi connectivity index (χ0v) is 16.9. The van der Waals surface area contributed by atoms with Crippen LogP contribution in [0.3, 0.4) is 0 Å². The fourth-order valence-corrected chi connectivity index (χ4v) is 3.00. The molecule has 0 radical (unpaired) electrons. The molecule has 7 heteroatoms. The van der Waals surface area contributed by atoms with Crippen molar-refractivity contribution in [3.05, 3.63) is 59.1 Å². The van der Waals surface area contributed by atoms with Gasteiger partial charge in [-0.05, 0) is 55.2 Å². The Hall–Kier alpha value is -2.18. The molecule has 0 heterocycles. The zero-order chi connectivity index (χ0) is 19.6. The minimum Gasteiger partial charge on any atom is -0.484 e. The molecule has 0 fully saturated rings. The van der Waals surface area contributed by atoms with Crippen molar-refractivity contribution in [2.24, 2.45) is 0 Å². The molecule has 2 rings (SSSR count). The topological polar surface area (TPSA) is 67.4 Å². The number of carbonyl (C=O) groups is 2. The van der Waals surface area contributed by atoms with Gasteiger partial charge in [0.1, 0.15) is 11.8 Å². The summed E-state index contributed by atoms with van der Waals surface area (Å²) >= 11 is 7.62. The molecule has 0 aliphatic rings. The van der Waals surface area contributed by atoms with Gasteiger partial charge < -0.3 is 15.4 Å². The molecule has 0 saturated heterocycles. The molecule has 1 atom stereocenters. The summed E-state index contributed by atoms with van der Waals surface area (Å²) in [6, 6.07) is 13.7. The van der Waals surface area contributed by atoms with Crippen LogP contribution in [0.2, 0.25) is 5.02 Å². The predicted molar refractivity (Wildman–Crippen MR) is 112 cm³/mol. The maximum atomic E-state index is 12.7. The lowest BCUT2D eigenvalue weighted by Gasteiger charge is -2.19. The predicted octanol–water partition coefficient (Wildman–Crippen LogP) is 3.90. The van der Waals surface area contributed by atoms with E-state index in [1.807, 2.05) is 37.4 Å². The standard InChI is InChI=1S/C20H23ClN2O3S/c1-14-8-9-15(21)12-18(14)23-20(25)17(10-11-27-2)22-19(24)13-26-16-6-4-3-5-7-16/h3-9,12,17H,10-11,13H2,1-2H3,(H,22,24)(H,23,25)/t17-/m1/s1. The number of rotatable bonds is 9. The fraction of sp³-hybridized carbons (Fsp3) is 0.300. The van der Waals surface area contributed by atoms with Crippen molar-refractivity contribution in [1.82, 2.24) is 5.32 Å². The van der Waals surface area contributed by atoms with E-state index in [4.69, 9.17) is 16.3 Å². The summed E-state index contributed by atoms with van der Waals surface area (Å²) < 4.78 is 5.44. The molecule has 2 N–H and O–H groups in total. The van der Waals surface area contributed by atoms with Crippen LogP contribution >= 0.6 is 23.4 Å². The monoisotopic (exact) mass is 406 g/mol. The molecule has 0 spiro atoms. The second-order valence-electron chi connectivity index (χ2n) is 5.95.